The fourth-order valence-corrected chi connectivity index (χ4v) is 4.67. The number of nitrogens with zero attached hydrogens (tertiary/aromatic N) is 2. The number of para-hydroxylation sites is 1. The molecule has 0 aliphatic heterocycles. The first-order valence-corrected chi connectivity index (χ1v) is 11.5. The Bertz CT molecular complexity index is 1370. The van der Waals surface area contributed by atoms with Crippen LogP contribution in [0.15, 0.2) is 65.5 Å². The maximum absolute atomic E-state index is 13.0. The van der Waals surface area contributed by atoms with E-state index in [9.17, 15) is 9.18 Å². The van der Waals surface area contributed by atoms with Crippen molar-refractivity contribution in [2.24, 2.45) is 0 Å². The maximum atomic E-state index is 13.0. The van der Waals surface area contributed by atoms with Crippen molar-refractivity contribution in [2.75, 3.05) is 5.32 Å². The molecular weight excluding hydrogens is 447 g/mol. The second-order valence-electron chi connectivity index (χ2n) is 6.99. The summed E-state index contributed by atoms with van der Waals surface area (Å²) in [6.07, 6.45) is 2.07. The summed E-state index contributed by atoms with van der Waals surface area (Å²) < 4.78 is 18.6. The number of aromatic amines is 1. The highest BCUT2D eigenvalue weighted by atomic mass is 32.1. The molecule has 32 heavy (non-hydrogen) atoms. The number of H-pyrrole nitrogens is 1. The standard InChI is InChI=1S/C23H17FN4O2S2/c24-14-5-7-16(8-6-14)30-11-22-26-15(12-31-22)9-21(29)28-23-27-20(13-32-23)18-10-25-19-4-2-1-3-17(18)19/h1-8,10,12-13,25H,9,11H2,(H,27,28,29). The third-order valence-corrected chi connectivity index (χ3v) is 6.36. The molecule has 0 fully saturated rings. The second-order valence-corrected chi connectivity index (χ2v) is 8.79. The highest BCUT2D eigenvalue weighted by Gasteiger charge is 2.13. The molecule has 0 bridgehead atoms. The van der Waals surface area contributed by atoms with Crippen molar-refractivity contribution in [3.63, 3.8) is 0 Å². The Morgan fingerprint density at radius 2 is 1.91 bits per heavy atom. The fraction of sp³-hybridized carbons (Fsp3) is 0.0870. The largest absolute Gasteiger partial charge is 0.486 e. The van der Waals surface area contributed by atoms with Crippen LogP contribution in [0, 0.1) is 5.82 Å². The van der Waals surface area contributed by atoms with E-state index in [0.717, 1.165) is 27.2 Å². The highest BCUT2D eigenvalue weighted by molar-refractivity contribution is 7.14. The van der Waals surface area contributed by atoms with Gasteiger partial charge in [0, 0.05) is 33.4 Å². The Hall–Kier alpha value is -3.56. The lowest BCUT2D eigenvalue weighted by Gasteiger charge is -2.03. The minimum Gasteiger partial charge on any atom is -0.486 e. The number of carbonyl (C=O) groups is 1. The SMILES string of the molecule is O=C(Cc1csc(COc2ccc(F)cc2)n1)Nc1nc(-c2c[nH]c3ccccc23)cs1. The summed E-state index contributed by atoms with van der Waals surface area (Å²) in [6, 6.07) is 13.8. The molecular formula is C23H17FN4O2S2. The van der Waals surface area contributed by atoms with Gasteiger partial charge in [0.05, 0.1) is 17.8 Å². The Morgan fingerprint density at radius 3 is 2.78 bits per heavy atom. The molecule has 0 spiro atoms. The lowest BCUT2D eigenvalue weighted by molar-refractivity contribution is -0.115. The van der Waals surface area contributed by atoms with Crippen LogP contribution < -0.4 is 10.1 Å². The zero-order chi connectivity index (χ0) is 21.9. The van der Waals surface area contributed by atoms with E-state index < -0.39 is 0 Å². The number of ether oxygens (including phenoxy) is 1. The summed E-state index contributed by atoms with van der Waals surface area (Å²) in [6.45, 7) is 0.262. The van der Waals surface area contributed by atoms with Crippen LogP contribution in [0.25, 0.3) is 22.2 Å². The van der Waals surface area contributed by atoms with Gasteiger partial charge in [0.15, 0.2) is 5.13 Å². The first kappa shape index (κ1) is 20.3. The number of carbonyl (C=O) groups excluding carboxylic acids is 1. The van der Waals surface area contributed by atoms with E-state index in [0.29, 0.717) is 16.6 Å². The first-order valence-electron chi connectivity index (χ1n) is 9.77. The zero-order valence-corrected chi connectivity index (χ0v) is 18.3. The average molecular weight is 465 g/mol. The lowest BCUT2D eigenvalue weighted by atomic mass is 10.1. The van der Waals surface area contributed by atoms with Crippen molar-refractivity contribution in [1.29, 1.82) is 0 Å². The Labute approximate surface area is 190 Å². The molecule has 160 valence electrons. The normalized spacial score (nSPS) is 11.0. The number of aromatic nitrogens is 3. The minimum atomic E-state index is -0.311. The molecule has 0 aliphatic rings. The molecule has 3 aromatic heterocycles. The van der Waals surface area contributed by atoms with Crippen molar-refractivity contribution in [1.82, 2.24) is 15.0 Å². The molecule has 0 unspecified atom stereocenters. The van der Waals surface area contributed by atoms with Crippen LogP contribution in [0.4, 0.5) is 9.52 Å². The third-order valence-electron chi connectivity index (χ3n) is 4.73. The van der Waals surface area contributed by atoms with Crippen molar-refractivity contribution in [2.45, 2.75) is 13.0 Å². The number of amides is 1. The molecule has 9 heteroatoms. The molecule has 3 heterocycles. The van der Waals surface area contributed by atoms with E-state index in [1.165, 1.54) is 34.8 Å². The Morgan fingerprint density at radius 1 is 1.06 bits per heavy atom. The number of nitrogens with one attached hydrogen (secondary N) is 2. The molecule has 2 aromatic carbocycles. The summed E-state index contributed by atoms with van der Waals surface area (Å²) in [5.41, 5.74) is 3.53. The highest BCUT2D eigenvalue weighted by Crippen LogP contribution is 2.31. The zero-order valence-electron chi connectivity index (χ0n) is 16.7. The second kappa shape index (κ2) is 8.89. The third kappa shape index (κ3) is 4.53. The number of hydrogen-bond acceptors (Lipinski definition) is 6. The molecule has 6 nitrogen and oxygen atoms in total. The van der Waals surface area contributed by atoms with Gasteiger partial charge in [0.1, 0.15) is 23.2 Å². The first-order chi connectivity index (χ1) is 15.6. The van der Waals surface area contributed by atoms with E-state index in [2.05, 4.69) is 20.3 Å². The summed E-state index contributed by atoms with van der Waals surface area (Å²) in [4.78, 5) is 24.7. The molecule has 0 radical (unpaired) electrons. The van der Waals surface area contributed by atoms with Crippen LogP contribution in [-0.4, -0.2) is 20.9 Å². The molecule has 0 saturated heterocycles. The maximum Gasteiger partial charge on any atom is 0.232 e. The van der Waals surface area contributed by atoms with Crippen molar-refractivity contribution < 1.29 is 13.9 Å². The van der Waals surface area contributed by atoms with Gasteiger partial charge in [0.2, 0.25) is 5.91 Å². The number of rotatable bonds is 7. The number of anilines is 1. The van der Waals surface area contributed by atoms with E-state index in [4.69, 9.17) is 4.74 Å². The van der Waals surface area contributed by atoms with Crippen LogP contribution in [0.3, 0.4) is 0 Å². The quantitative estimate of drug-likeness (QED) is 0.326. The van der Waals surface area contributed by atoms with Gasteiger partial charge in [0.25, 0.3) is 0 Å². The van der Waals surface area contributed by atoms with Crippen LogP contribution in [0.5, 0.6) is 5.75 Å². The Kier molecular flexibility index (Phi) is 5.66. The van der Waals surface area contributed by atoms with Crippen LogP contribution in [-0.2, 0) is 17.8 Å². The summed E-state index contributed by atoms with van der Waals surface area (Å²) in [5, 5.41) is 9.00. The van der Waals surface area contributed by atoms with Gasteiger partial charge in [-0.2, -0.15) is 0 Å². The summed E-state index contributed by atoms with van der Waals surface area (Å²) in [7, 11) is 0. The van der Waals surface area contributed by atoms with Crippen molar-refractivity contribution >= 4 is 44.6 Å². The van der Waals surface area contributed by atoms with E-state index in [1.54, 1.807) is 12.1 Å². The van der Waals surface area contributed by atoms with Crippen LogP contribution >= 0.6 is 22.7 Å². The summed E-state index contributed by atoms with van der Waals surface area (Å²) >= 11 is 2.80. The number of hydrogen-bond donors (Lipinski definition) is 2. The van der Waals surface area contributed by atoms with Crippen LogP contribution in [0.1, 0.15) is 10.7 Å². The van der Waals surface area contributed by atoms with E-state index in [-0.39, 0.29) is 24.8 Å². The Balaban J connectivity index is 1.18. The molecule has 5 aromatic rings. The summed E-state index contributed by atoms with van der Waals surface area (Å²) in [5.74, 6) is 0.0745. The van der Waals surface area contributed by atoms with Gasteiger partial charge >= 0.3 is 0 Å². The van der Waals surface area contributed by atoms with Gasteiger partial charge in [-0.1, -0.05) is 18.2 Å². The number of halogens is 1. The van der Waals surface area contributed by atoms with Gasteiger partial charge in [-0.25, -0.2) is 14.4 Å². The van der Waals surface area contributed by atoms with E-state index >= 15 is 0 Å². The minimum absolute atomic E-state index is 0.148. The van der Waals surface area contributed by atoms with Crippen LogP contribution in [0.2, 0.25) is 0 Å². The monoisotopic (exact) mass is 464 g/mol. The molecule has 0 aliphatic carbocycles. The van der Waals surface area contributed by atoms with E-state index in [1.807, 2.05) is 41.2 Å². The number of benzene rings is 2. The molecule has 2 N–H and O–H groups in total. The van der Waals surface area contributed by atoms with Gasteiger partial charge < -0.3 is 15.0 Å². The predicted molar refractivity (Wildman–Crippen MR) is 125 cm³/mol. The fourth-order valence-electron chi connectivity index (χ4n) is 3.24. The van der Waals surface area contributed by atoms with Gasteiger partial charge in [-0.15, -0.1) is 22.7 Å². The average Bonchev–Trinajstić information content (AvgIpc) is 3.53. The number of fused-ring (bicyclic) bond motifs is 1. The van der Waals surface area contributed by atoms with Crippen molar-refractivity contribution in [3.8, 4) is 17.0 Å². The number of thiazole rings is 2. The molecule has 1 amide bonds. The smallest absolute Gasteiger partial charge is 0.232 e. The molecule has 0 saturated carbocycles. The lowest BCUT2D eigenvalue weighted by Crippen LogP contribution is -2.14. The van der Waals surface area contributed by atoms with Gasteiger partial charge in [-0.05, 0) is 30.3 Å². The predicted octanol–water partition coefficient (Wildman–Crippen LogP) is 5.65. The van der Waals surface area contributed by atoms with Gasteiger partial charge in [-0.3, -0.25) is 4.79 Å². The molecule has 0 atom stereocenters. The molecule has 5 rings (SSSR count). The topological polar surface area (TPSA) is 79.9 Å². The van der Waals surface area contributed by atoms with Crippen molar-refractivity contribution in [3.05, 3.63) is 82.0 Å².